The van der Waals surface area contributed by atoms with E-state index in [4.69, 9.17) is 0 Å². The van der Waals surface area contributed by atoms with Crippen molar-refractivity contribution in [2.45, 2.75) is 37.3 Å². The van der Waals surface area contributed by atoms with Gasteiger partial charge in [0.2, 0.25) is 10.0 Å². The predicted molar refractivity (Wildman–Crippen MR) is 86.5 cm³/mol. The highest BCUT2D eigenvalue weighted by atomic mass is 35.5. The minimum atomic E-state index is -4.46. The summed E-state index contributed by atoms with van der Waals surface area (Å²) in [6.45, 7) is 0.250. The van der Waals surface area contributed by atoms with E-state index >= 15 is 0 Å². The molecule has 6 nitrogen and oxygen atoms in total. The lowest BCUT2D eigenvalue weighted by molar-refractivity contribution is -0.142. The van der Waals surface area contributed by atoms with Crippen LogP contribution in [0.5, 0.6) is 0 Å². The number of rotatable bonds is 5. The molecule has 2 N–H and O–H groups in total. The third-order valence-electron chi connectivity index (χ3n) is 3.63. The van der Waals surface area contributed by atoms with Crippen molar-refractivity contribution in [3.05, 3.63) is 47.3 Å². The normalized spacial score (nSPS) is 14.2. The Kier molecular flexibility index (Phi) is 5.77. The quantitative estimate of drug-likeness (QED) is 0.810. The highest BCUT2D eigenvalue weighted by molar-refractivity contribution is 7.89. The summed E-state index contributed by atoms with van der Waals surface area (Å²) in [6.07, 6.45) is -2.69. The van der Waals surface area contributed by atoms with Gasteiger partial charge in [-0.3, -0.25) is 4.68 Å². The number of nitrogens with one attached hydrogen (secondary N) is 2. The summed E-state index contributed by atoms with van der Waals surface area (Å²) in [5.74, 6) is 0. The van der Waals surface area contributed by atoms with Gasteiger partial charge in [0.1, 0.15) is 11.4 Å². The SMILES string of the molecule is Cl.O=S(=O)(NCc1ccc2c(c1)CNC2)c1cnn(CC(F)(F)F)c1. The molecule has 1 aliphatic heterocycles. The van der Waals surface area contributed by atoms with Gasteiger partial charge in [-0.25, -0.2) is 13.1 Å². The molecule has 11 heteroatoms. The zero-order chi connectivity index (χ0) is 17.4. The van der Waals surface area contributed by atoms with Crippen LogP contribution in [0.25, 0.3) is 0 Å². The number of aromatic nitrogens is 2. The average Bonchev–Trinajstić information content (AvgIpc) is 3.12. The van der Waals surface area contributed by atoms with Crippen LogP contribution in [0.3, 0.4) is 0 Å². The number of benzene rings is 1. The monoisotopic (exact) mass is 396 g/mol. The Morgan fingerprint density at radius 2 is 1.96 bits per heavy atom. The number of nitrogens with zero attached hydrogens (tertiary/aromatic N) is 2. The van der Waals surface area contributed by atoms with E-state index < -0.39 is 22.7 Å². The van der Waals surface area contributed by atoms with Crippen molar-refractivity contribution < 1.29 is 21.6 Å². The number of sulfonamides is 1. The van der Waals surface area contributed by atoms with Crippen molar-refractivity contribution in [2.24, 2.45) is 0 Å². The van der Waals surface area contributed by atoms with Crippen LogP contribution in [0.1, 0.15) is 16.7 Å². The minimum absolute atomic E-state index is 0. The average molecular weight is 397 g/mol. The molecule has 0 saturated heterocycles. The highest BCUT2D eigenvalue weighted by Crippen LogP contribution is 2.19. The lowest BCUT2D eigenvalue weighted by atomic mass is 10.1. The Morgan fingerprint density at radius 1 is 1.24 bits per heavy atom. The second-order valence-electron chi connectivity index (χ2n) is 5.52. The maximum Gasteiger partial charge on any atom is 0.408 e. The van der Waals surface area contributed by atoms with Crippen LogP contribution in [0.4, 0.5) is 13.2 Å². The molecule has 1 aliphatic rings. The molecule has 0 fully saturated rings. The molecule has 0 atom stereocenters. The first-order valence-corrected chi connectivity index (χ1v) is 8.61. The summed E-state index contributed by atoms with van der Waals surface area (Å²) < 4.78 is 64.1. The van der Waals surface area contributed by atoms with E-state index in [0.717, 1.165) is 36.6 Å². The molecule has 1 aromatic heterocycles. The molecule has 0 radical (unpaired) electrons. The van der Waals surface area contributed by atoms with Crippen LogP contribution < -0.4 is 10.0 Å². The molecule has 0 aliphatic carbocycles. The number of halogens is 4. The summed E-state index contributed by atoms with van der Waals surface area (Å²) in [7, 11) is -3.92. The van der Waals surface area contributed by atoms with Gasteiger partial charge in [-0.1, -0.05) is 18.2 Å². The van der Waals surface area contributed by atoms with E-state index in [-0.39, 0.29) is 23.8 Å². The molecular formula is C14H16ClF3N4O2S. The summed E-state index contributed by atoms with van der Waals surface area (Å²) in [4.78, 5) is -0.297. The molecule has 0 spiro atoms. The van der Waals surface area contributed by atoms with Gasteiger partial charge in [0, 0.05) is 25.8 Å². The van der Waals surface area contributed by atoms with Gasteiger partial charge >= 0.3 is 6.18 Å². The molecule has 3 rings (SSSR count). The van der Waals surface area contributed by atoms with E-state index in [1.807, 2.05) is 18.2 Å². The van der Waals surface area contributed by atoms with E-state index in [1.165, 1.54) is 5.56 Å². The van der Waals surface area contributed by atoms with Gasteiger partial charge in [0.05, 0.1) is 6.20 Å². The molecule has 0 bridgehead atoms. The third-order valence-corrected chi connectivity index (χ3v) is 4.98. The minimum Gasteiger partial charge on any atom is -0.309 e. The molecule has 1 aromatic carbocycles. The highest BCUT2D eigenvalue weighted by Gasteiger charge is 2.29. The van der Waals surface area contributed by atoms with Crippen LogP contribution in [-0.2, 0) is 36.2 Å². The fraction of sp³-hybridized carbons (Fsp3) is 0.357. The van der Waals surface area contributed by atoms with Gasteiger partial charge in [-0.05, 0) is 16.7 Å². The maximum absolute atomic E-state index is 12.3. The Labute approximate surface area is 148 Å². The zero-order valence-corrected chi connectivity index (χ0v) is 14.5. The Bertz CT molecular complexity index is 852. The molecular weight excluding hydrogens is 381 g/mol. The van der Waals surface area contributed by atoms with E-state index in [9.17, 15) is 21.6 Å². The van der Waals surface area contributed by atoms with Crippen molar-refractivity contribution in [3.63, 3.8) is 0 Å². The van der Waals surface area contributed by atoms with E-state index in [2.05, 4.69) is 15.1 Å². The summed E-state index contributed by atoms with van der Waals surface area (Å²) in [5, 5.41) is 6.63. The molecule has 0 saturated carbocycles. The van der Waals surface area contributed by atoms with Crippen molar-refractivity contribution in [1.82, 2.24) is 19.8 Å². The smallest absolute Gasteiger partial charge is 0.309 e. The Balaban J connectivity index is 0.00000225. The first-order chi connectivity index (χ1) is 11.2. The first-order valence-electron chi connectivity index (χ1n) is 7.13. The summed E-state index contributed by atoms with van der Waals surface area (Å²) >= 11 is 0. The van der Waals surface area contributed by atoms with E-state index in [1.54, 1.807) is 0 Å². The number of alkyl halides is 3. The lowest BCUT2D eigenvalue weighted by Crippen LogP contribution is -2.23. The second kappa shape index (κ2) is 7.32. The van der Waals surface area contributed by atoms with Gasteiger partial charge in [0.15, 0.2) is 0 Å². The largest absolute Gasteiger partial charge is 0.408 e. The molecule has 2 aromatic rings. The third kappa shape index (κ3) is 4.94. The summed E-state index contributed by atoms with van der Waals surface area (Å²) in [6, 6.07) is 5.66. The first kappa shape index (κ1) is 19.7. The van der Waals surface area contributed by atoms with Crippen LogP contribution in [0.15, 0.2) is 35.5 Å². The van der Waals surface area contributed by atoms with Gasteiger partial charge in [0.25, 0.3) is 0 Å². The fourth-order valence-corrected chi connectivity index (χ4v) is 3.44. The molecule has 25 heavy (non-hydrogen) atoms. The zero-order valence-electron chi connectivity index (χ0n) is 12.9. The molecule has 138 valence electrons. The number of fused-ring (bicyclic) bond motifs is 1. The van der Waals surface area contributed by atoms with Crippen molar-refractivity contribution in [3.8, 4) is 0 Å². The predicted octanol–water partition coefficient (Wildman–Crippen LogP) is 1.95. The van der Waals surface area contributed by atoms with Crippen molar-refractivity contribution in [2.75, 3.05) is 0 Å². The number of hydrogen-bond acceptors (Lipinski definition) is 4. The molecule has 0 unspecified atom stereocenters. The molecule has 0 amide bonds. The van der Waals surface area contributed by atoms with Crippen LogP contribution in [0.2, 0.25) is 0 Å². The lowest BCUT2D eigenvalue weighted by Gasteiger charge is -2.07. The van der Waals surface area contributed by atoms with Gasteiger partial charge in [-0.2, -0.15) is 18.3 Å². The van der Waals surface area contributed by atoms with E-state index in [0.29, 0.717) is 4.68 Å². The van der Waals surface area contributed by atoms with Crippen LogP contribution >= 0.6 is 12.4 Å². The van der Waals surface area contributed by atoms with Crippen LogP contribution in [0, 0.1) is 0 Å². The Morgan fingerprint density at radius 3 is 2.68 bits per heavy atom. The topological polar surface area (TPSA) is 76.0 Å². The number of hydrogen-bond donors (Lipinski definition) is 2. The second-order valence-corrected chi connectivity index (χ2v) is 7.29. The fourth-order valence-electron chi connectivity index (χ4n) is 2.47. The van der Waals surface area contributed by atoms with Crippen LogP contribution in [-0.4, -0.2) is 24.4 Å². The summed E-state index contributed by atoms with van der Waals surface area (Å²) in [5.41, 5.74) is 3.07. The van der Waals surface area contributed by atoms with Gasteiger partial charge < -0.3 is 5.32 Å². The molecule has 2 heterocycles. The van der Waals surface area contributed by atoms with Gasteiger partial charge in [-0.15, -0.1) is 12.4 Å². The van der Waals surface area contributed by atoms with Crippen molar-refractivity contribution >= 4 is 22.4 Å². The maximum atomic E-state index is 12.3. The van der Waals surface area contributed by atoms with Crippen molar-refractivity contribution in [1.29, 1.82) is 0 Å². The standard InChI is InChI=1S/C14H15F3N4O2S.ClH/c15-14(16,17)9-21-8-13(7-19-21)24(22,23)20-4-10-1-2-11-5-18-6-12(11)3-10;/h1-3,7-8,18,20H,4-6,9H2;1H. The Hall–Kier alpha value is -1.62.